The first kappa shape index (κ1) is 13.6. The second kappa shape index (κ2) is 6.36. The summed E-state index contributed by atoms with van der Waals surface area (Å²) >= 11 is 3.57. The van der Waals surface area contributed by atoms with Crippen LogP contribution in [-0.4, -0.2) is 31.9 Å². The molecule has 18 heavy (non-hydrogen) atoms. The molecule has 1 N–H and O–H groups in total. The fraction of sp³-hybridized carbons (Fsp3) is 0.429. The molecule has 0 saturated carbocycles. The summed E-state index contributed by atoms with van der Waals surface area (Å²) in [4.78, 5) is 2.32. The Morgan fingerprint density at radius 1 is 1.44 bits per heavy atom. The van der Waals surface area contributed by atoms with Crippen molar-refractivity contribution in [2.24, 2.45) is 0 Å². The molecule has 0 aliphatic carbocycles. The summed E-state index contributed by atoms with van der Waals surface area (Å²) in [5.41, 5.74) is 3.48. The van der Waals surface area contributed by atoms with Crippen molar-refractivity contribution in [2.45, 2.75) is 13.0 Å². The third-order valence-corrected chi connectivity index (χ3v) is 3.80. The van der Waals surface area contributed by atoms with Crippen LogP contribution in [0.1, 0.15) is 12.0 Å². The predicted octanol–water partition coefficient (Wildman–Crippen LogP) is 2.72. The zero-order valence-electron chi connectivity index (χ0n) is 10.5. The largest absolute Gasteiger partial charge is 0.392 e. The molecule has 0 unspecified atom stereocenters. The van der Waals surface area contributed by atoms with Crippen molar-refractivity contribution in [3.8, 4) is 0 Å². The van der Waals surface area contributed by atoms with Crippen LogP contribution in [0, 0.1) is 0 Å². The van der Waals surface area contributed by atoms with Crippen LogP contribution < -0.4 is 4.90 Å². The zero-order valence-corrected chi connectivity index (χ0v) is 12.1. The van der Waals surface area contributed by atoms with Crippen LogP contribution in [0.2, 0.25) is 0 Å². The Bertz CT molecular complexity index is 445. The SMILES string of the molecule is COCC1=CCN(c2ccc(CO)cc2Br)CC1. The van der Waals surface area contributed by atoms with Gasteiger partial charge in [-0.25, -0.2) is 0 Å². The van der Waals surface area contributed by atoms with E-state index in [-0.39, 0.29) is 6.61 Å². The maximum absolute atomic E-state index is 9.10. The Morgan fingerprint density at radius 2 is 2.28 bits per heavy atom. The molecular formula is C14H18BrNO2. The number of halogens is 1. The summed E-state index contributed by atoms with van der Waals surface area (Å²) in [6.07, 6.45) is 3.28. The van der Waals surface area contributed by atoms with Crippen molar-refractivity contribution in [1.82, 2.24) is 0 Å². The van der Waals surface area contributed by atoms with Gasteiger partial charge in [-0.2, -0.15) is 0 Å². The standard InChI is InChI=1S/C14H18BrNO2/c1-18-10-11-4-6-16(7-5-11)14-3-2-12(9-17)8-13(14)15/h2-4,8,17H,5-7,9-10H2,1H3. The minimum Gasteiger partial charge on any atom is -0.392 e. The molecule has 0 radical (unpaired) electrons. The normalized spacial score (nSPS) is 15.7. The first-order chi connectivity index (χ1) is 8.74. The molecule has 1 aliphatic rings. The number of nitrogens with zero attached hydrogens (tertiary/aromatic N) is 1. The van der Waals surface area contributed by atoms with Crippen molar-refractivity contribution < 1.29 is 9.84 Å². The molecule has 0 fully saturated rings. The Labute approximate surface area is 116 Å². The number of benzene rings is 1. The Balaban J connectivity index is 2.10. The van der Waals surface area contributed by atoms with Gasteiger partial charge < -0.3 is 14.7 Å². The number of rotatable bonds is 4. The van der Waals surface area contributed by atoms with Crippen molar-refractivity contribution in [2.75, 3.05) is 31.7 Å². The molecule has 2 rings (SSSR count). The average Bonchev–Trinajstić information content (AvgIpc) is 2.40. The number of ether oxygens (including phenoxy) is 1. The topological polar surface area (TPSA) is 32.7 Å². The van der Waals surface area contributed by atoms with Gasteiger partial charge in [-0.05, 0) is 45.6 Å². The van der Waals surface area contributed by atoms with E-state index < -0.39 is 0 Å². The van der Waals surface area contributed by atoms with Gasteiger partial charge in [0.05, 0.1) is 18.9 Å². The highest BCUT2D eigenvalue weighted by Crippen LogP contribution is 2.29. The van der Waals surface area contributed by atoms with Gasteiger partial charge in [0.2, 0.25) is 0 Å². The number of hydrogen-bond acceptors (Lipinski definition) is 3. The zero-order chi connectivity index (χ0) is 13.0. The lowest BCUT2D eigenvalue weighted by molar-refractivity contribution is 0.222. The number of methoxy groups -OCH3 is 1. The average molecular weight is 312 g/mol. The third-order valence-electron chi connectivity index (χ3n) is 3.17. The van der Waals surface area contributed by atoms with Gasteiger partial charge in [0, 0.05) is 24.7 Å². The molecule has 0 bridgehead atoms. The predicted molar refractivity (Wildman–Crippen MR) is 76.9 cm³/mol. The van der Waals surface area contributed by atoms with Gasteiger partial charge in [0.15, 0.2) is 0 Å². The van der Waals surface area contributed by atoms with E-state index >= 15 is 0 Å². The molecule has 1 heterocycles. The van der Waals surface area contributed by atoms with Gasteiger partial charge in [0.25, 0.3) is 0 Å². The summed E-state index contributed by atoms with van der Waals surface area (Å²) in [5.74, 6) is 0. The minimum atomic E-state index is 0.0801. The third kappa shape index (κ3) is 3.13. The molecule has 1 aromatic carbocycles. The van der Waals surface area contributed by atoms with E-state index in [9.17, 15) is 0 Å². The maximum Gasteiger partial charge on any atom is 0.0682 e. The Kier molecular flexibility index (Phi) is 4.80. The second-order valence-corrected chi connectivity index (χ2v) is 5.29. The number of aliphatic hydroxyl groups excluding tert-OH is 1. The molecule has 0 amide bonds. The summed E-state index contributed by atoms with van der Waals surface area (Å²) in [5, 5.41) is 9.10. The van der Waals surface area contributed by atoms with Crippen LogP contribution in [-0.2, 0) is 11.3 Å². The van der Waals surface area contributed by atoms with Gasteiger partial charge in [0.1, 0.15) is 0 Å². The highest BCUT2D eigenvalue weighted by Gasteiger charge is 2.14. The highest BCUT2D eigenvalue weighted by atomic mass is 79.9. The van der Waals surface area contributed by atoms with Crippen molar-refractivity contribution >= 4 is 21.6 Å². The lowest BCUT2D eigenvalue weighted by Crippen LogP contribution is -2.29. The Hall–Kier alpha value is -0.840. The van der Waals surface area contributed by atoms with E-state index in [2.05, 4.69) is 33.0 Å². The molecule has 1 aliphatic heterocycles. The van der Waals surface area contributed by atoms with E-state index in [4.69, 9.17) is 9.84 Å². The first-order valence-electron chi connectivity index (χ1n) is 6.05. The molecule has 0 spiro atoms. The van der Waals surface area contributed by atoms with Crippen LogP contribution in [0.5, 0.6) is 0 Å². The smallest absolute Gasteiger partial charge is 0.0682 e. The number of aliphatic hydroxyl groups is 1. The number of hydrogen-bond donors (Lipinski definition) is 1. The van der Waals surface area contributed by atoms with Crippen LogP contribution in [0.25, 0.3) is 0 Å². The highest BCUT2D eigenvalue weighted by molar-refractivity contribution is 9.10. The summed E-state index contributed by atoms with van der Waals surface area (Å²) < 4.78 is 6.19. The molecule has 0 atom stereocenters. The fourth-order valence-electron chi connectivity index (χ4n) is 2.15. The van der Waals surface area contributed by atoms with E-state index in [1.165, 1.54) is 11.3 Å². The van der Waals surface area contributed by atoms with Gasteiger partial charge in [-0.15, -0.1) is 0 Å². The summed E-state index contributed by atoms with van der Waals surface area (Å²) in [7, 11) is 1.73. The van der Waals surface area contributed by atoms with Gasteiger partial charge in [-0.3, -0.25) is 0 Å². The van der Waals surface area contributed by atoms with E-state index in [0.717, 1.165) is 36.2 Å². The molecule has 1 aromatic rings. The van der Waals surface area contributed by atoms with Crippen molar-refractivity contribution in [3.05, 3.63) is 39.9 Å². The Morgan fingerprint density at radius 3 is 2.83 bits per heavy atom. The van der Waals surface area contributed by atoms with Crippen LogP contribution in [0.3, 0.4) is 0 Å². The van der Waals surface area contributed by atoms with E-state index in [1.54, 1.807) is 7.11 Å². The molecule has 0 aromatic heterocycles. The first-order valence-corrected chi connectivity index (χ1v) is 6.85. The summed E-state index contributed by atoms with van der Waals surface area (Å²) in [6.45, 7) is 2.73. The van der Waals surface area contributed by atoms with Crippen molar-refractivity contribution in [1.29, 1.82) is 0 Å². The second-order valence-electron chi connectivity index (χ2n) is 4.44. The van der Waals surface area contributed by atoms with Gasteiger partial charge in [-0.1, -0.05) is 12.1 Å². The summed E-state index contributed by atoms with van der Waals surface area (Å²) in [6, 6.07) is 6.00. The molecule has 98 valence electrons. The molecule has 3 nitrogen and oxygen atoms in total. The monoisotopic (exact) mass is 311 g/mol. The minimum absolute atomic E-state index is 0.0801. The van der Waals surface area contributed by atoms with Crippen molar-refractivity contribution in [3.63, 3.8) is 0 Å². The van der Waals surface area contributed by atoms with Gasteiger partial charge >= 0.3 is 0 Å². The fourth-order valence-corrected chi connectivity index (χ4v) is 2.83. The lowest BCUT2D eigenvalue weighted by atomic mass is 10.1. The lowest BCUT2D eigenvalue weighted by Gasteiger charge is -2.29. The molecular weight excluding hydrogens is 294 g/mol. The molecule has 0 saturated heterocycles. The van der Waals surface area contributed by atoms with Crippen LogP contribution >= 0.6 is 15.9 Å². The van der Waals surface area contributed by atoms with E-state index in [1.807, 2.05) is 12.1 Å². The quantitative estimate of drug-likeness (QED) is 0.868. The van der Waals surface area contributed by atoms with Crippen LogP contribution in [0.4, 0.5) is 5.69 Å². The maximum atomic E-state index is 9.10. The van der Waals surface area contributed by atoms with E-state index in [0.29, 0.717) is 0 Å². The molecule has 4 heteroatoms. The van der Waals surface area contributed by atoms with Crippen LogP contribution in [0.15, 0.2) is 34.3 Å². The number of anilines is 1.